The summed E-state index contributed by atoms with van der Waals surface area (Å²) in [6.45, 7) is 8.81. The number of hydrogen-bond acceptors (Lipinski definition) is 5. The summed E-state index contributed by atoms with van der Waals surface area (Å²) in [6.07, 6.45) is 5.33. The van der Waals surface area contributed by atoms with Crippen LogP contribution in [0, 0.1) is 0 Å². The molecule has 3 aromatic rings. The lowest BCUT2D eigenvalue weighted by Crippen LogP contribution is -2.44. The summed E-state index contributed by atoms with van der Waals surface area (Å²) >= 11 is 0. The van der Waals surface area contributed by atoms with Crippen LogP contribution in [-0.4, -0.2) is 74.2 Å². The molecule has 9 heteroatoms. The molecule has 1 aromatic carbocycles. The van der Waals surface area contributed by atoms with Gasteiger partial charge in [0.25, 0.3) is 0 Å². The van der Waals surface area contributed by atoms with Crippen LogP contribution in [0.25, 0.3) is 11.0 Å². The quantitative estimate of drug-likeness (QED) is 0.614. The second-order valence-corrected chi connectivity index (χ2v) is 8.76. The third kappa shape index (κ3) is 3.98. The molecule has 4 heterocycles. The first-order valence-corrected chi connectivity index (χ1v) is 11.6. The monoisotopic (exact) mass is 437 g/mol. The minimum atomic E-state index is -0.894. The van der Waals surface area contributed by atoms with Crippen LogP contribution >= 0.6 is 0 Å². The summed E-state index contributed by atoms with van der Waals surface area (Å²) < 4.78 is 4.27. The second kappa shape index (κ2) is 8.91. The van der Waals surface area contributed by atoms with Crippen molar-refractivity contribution in [2.45, 2.75) is 45.3 Å². The molecule has 0 unspecified atom stereocenters. The molecule has 0 bridgehead atoms. The van der Waals surface area contributed by atoms with Crippen molar-refractivity contribution in [2.24, 2.45) is 0 Å². The molecular weight excluding hydrogens is 406 g/mol. The summed E-state index contributed by atoms with van der Waals surface area (Å²) in [5.41, 5.74) is 3.91. The minimum Gasteiger partial charge on any atom is -0.465 e. The highest BCUT2D eigenvalue weighted by Gasteiger charge is 2.30. The van der Waals surface area contributed by atoms with Gasteiger partial charge in [0.05, 0.1) is 16.7 Å². The summed E-state index contributed by atoms with van der Waals surface area (Å²) in [5.74, 6) is 1.04. The van der Waals surface area contributed by atoms with Crippen molar-refractivity contribution in [3.05, 3.63) is 42.0 Å². The minimum absolute atomic E-state index is 0.0217. The van der Waals surface area contributed by atoms with E-state index in [1.54, 1.807) is 6.20 Å². The van der Waals surface area contributed by atoms with E-state index in [-0.39, 0.29) is 6.04 Å². The number of imidazole rings is 1. The first-order valence-electron chi connectivity index (χ1n) is 11.6. The first-order chi connectivity index (χ1) is 15.6. The van der Waals surface area contributed by atoms with Gasteiger partial charge in [0.2, 0.25) is 0 Å². The van der Waals surface area contributed by atoms with Gasteiger partial charge in [-0.25, -0.2) is 9.78 Å². The summed E-state index contributed by atoms with van der Waals surface area (Å²) in [6, 6.07) is 5.95. The molecule has 9 nitrogen and oxygen atoms in total. The largest absolute Gasteiger partial charge is 0.465 e. The highest BCUT2D eigenvalue weighted by molar-refractivity contribution is 5.94. The first kappa shape index (κ1) is 21.0. The molecule has 5 rings (SSSR count). The Morgan fingerprint density at radius 3 is 2.81 bits per heavy atom. The van der Waals surface area contributed by atoms with Crippen molar-refractivity contribution in [3.63, 3.8) is 0 Å². The van der Waals surface area contributed by atoms with Crippen LogP contribution in [0.15, 0.2) is 30.6 Å². The molecule has 2 N–H and O–H groups in total. The van der Waals surface area contributed by atoms with Gasteiger partial charge >= 0.3 is 6.09 Å². The predicted octanol–water partition coefficient (Wildman–Crippen LogP) is 2.20. The highest BCUT2D eigenvalue weighted by Crippen LogP contribution is 2.36. The van der Waals surface area contributed by atoms with Crippen LogP contribution in [0.1, 0.15) is 24.7 Å². The Balaban J connectivity index is 1.50. The van der Waals surface area contributed by atoms with E-state index in [0.717, 1.165) is 93.2 Å². The Morgan fingerprint density at radius 2 is 2.06 bits per heavy atom. The van der Waals surface area contributed by atoms with E-state index in [1.165, 1.54) is 4.90 Å². The van der Waals surface area contributed by atoms with Crippen LogP contribution < -0.4 is 10.2 Å². The van der Waals surface area contributed by atoms with Crippen molar-refractivity contribution in [3.8, 4) is 0 Å². The smallest absolute Gasteiger partial charge is 0.412 e. The number of aryl methyl sites for hydroxylation is 3. The van der Waals surface area contributed by atoms with Gasteiger partial charge in [-0.1, -0.05) is 0 Å². The number of aromatic nitrogens is 4. The van der Waals surface area contributed by atoms with Gasteiger partial charge in [-0.2, -0.15) is 5.10 Å². The van der Waals surface area contributed by atoms with Crippen molar-refractivity contribution < 1.29 is 9.90 Å². The molecule has 32 heavy (non-hydrogen) atoms. The Morgan fingerprint density at radius 1 is 1.22 bits per heavy atom. The Labute approximate surface area is 187 Å². The predicted molar refractivity (Wildman–Crippen MR) is 123 cm³/mol. The van der Waals surface area contributed by atoms with Crippen molar-refractivity contribution in [2.75, 3.05) is 37.6 Å². The molecule has 2 aromatic heterocycles. The molecule has 0 aliphatic carbocycles. The number of carbonyl (C=O) groups is 1. The number of benzene rings is 1. The second-order valence-electron chi connectivity index (χ2n) is 8.76. The van der Waals surface area contributed by atoms with E-state index in [2.05, 4.69) is 25.9 Å². The maximum Gasteiger partial charge on any atom is 0.412 e. The van der Waals surface area contributed by atoms with E-state index >= 15 is 0 Å². The lowest BCUT2D eigenvalue weighted by atomic mass is 9.96. The lowest BCUT2D eigenvalue weighted by Gasteiger charge is -2.33. The fourth-order valence-corrected chi connectivity index (χ4v) is 5.03. The number of carboxylic acid groups (broad SMARTS) is 1. The summed E-state index contributed by atoms with van der Waals surface area (Å²) in [7, 11) is 0. The van der Waals surface area contributed by atoms with Crippen LogP contribution in [0.2, 0.25) is 0 Å². The topological polar surface area (TPSA) is 91.5 Å². The standard InChI is InChI=1S/C23H31N7O2/c1-17-3-4-18-19(30(17)23(31)32)5-6-20-22(18)26-21(7-12-28-11-2-8-25-28)29(20)16-15-27-13-9-24-10-14-27/h2,5-6,8,11,17,24H,3-4,7,9-10,12-16H2,1H3,(H,31,32)/t17-/m0/s1. The van der Waals surface area contributed by atoms with Gasteiger partial charge in [0.1, 0.15) is 5.82 Å². The van der Waals surface area contributed by atoms with E-state index in [0.29, 0.717) is 0 Å². The van der Waals surface area contributed by atoms with Gasteiger partial charge in [-0.3, -0.25) is 14.5 Å². The average Bonchev–Trinajstić information content (AvgIpc) is 3.44. The zero-order chi connectivity index (χ0) is 22.1. The van der Waals surface area contributed by atoms with Crippen LogP contribution in [0.3, 0.4) is 0 Å². The SMILES string of the molecule is C[C@H]1CCc2c(ccc3c2nc(CCn2cccn2)n3CCN2CCNCC2)N1C(=O)O. The molecular formula is C23H31N7O2. The molecule has 2 aliphatic rings. The summed E-state index contributed by atoms with van der Waals surface area (Å²) in [5, 5.41) is 17.5. The zero-order valence-corrected chi connectivity index (χ0v) is 18.6. The lowest BCUT2D eigenvalue weighted by molar-refractivity contribution is 0.198. The molecule has 2 aliphatic heterocycles. The fourth-order valence-electron chi connectivity index (χ4n) is 5.03. The Hall–Kier alpha value is -2.91. The molecule has 1 atom stereocenters. The molecule has 1 saturated heterocycles. The van der Waals surface area contributed by atoms with Crippen LogP contribution in [-0.2, 0) is 25.9 Å². The number of amides is 1. The Bertz CT molecular complexity index is 1090. The Kier molecular flexibility index (Phi) is 5.84. The van der Waals surface area contributed by atoms with E-state index < -0.39 is 6.09 Å². The highest BCUT2D eigenvalue weighted by atomic mass is 16.4. The van der Waals surface area contributed by atoms with Gasteiger partial charge in [0, 0.05) is 76.2 Å². The van der Waals surface area contributed by atoms with Crippen molar-refractivity contribution >= 4 is 22.8 Å². The number of piperazine rings is 1. The van der Waals surface area contributed by atoms with Gasteiger partial charge in [-0.05, 0) is 38.0 Å². The fraction of sp³-hybridized carbons (Fsp3) is 0.522. The number of rotatable bonds is 6. The van der Waals surface area contributed by atoms with Crippen molar-refractivity contribution in [1.29, 1.82) is 0 Å². The summed E-state index contributed by atoms with van der Waals surface area (Å²) in [4.78, 5) is 21.0. The molecule has 170 valence electrons. The number of nitrogens with zero attached hydrogens (tertiary/aromatic N) is 6. The van der Waals surface area contributed by atoms with Gasteiger partial charge in [-0.15, -0.1) is 0 Å². The van der Waals surface area contributed by atoms with Crippen molar-refractivity contribution in [1.82, 2.24) is 29.5 Å². The van der Waals surface area contributed by atoms with Crippen LogP contribution in [0.4, 0.5) is 10.5 Å². The average molecular weight is 438 g/mol. The molecule has 0 saturated carbocycles. The van der Waals surface area contributed by atoms with Crippen LogP contribution in [0.5, 0.6) is 0 Å². The molecule has 1 fully saturated rings. The van der Waals surface area contributed by atoms with Gasteiger partial charge < -0.3 is 15.0 Å². The number of anilines is 1. The maximum atomic E-state index is 11.9. The molecule has 0 radical (unpaired) electrons. The van der Waals surface area contributed by atoms with E-state index in [9.17, 15) is 9.90 Å². The third-order valence-corrected chi connectivity index (χ3v) is 6.77. The number of fused-ring (bicyclic) bond motifs is 3. The van der Waals surface area contributed by atoms with E-state index in [1.807, 2.05) is 29.9 Å². The normalized spacial score (nSPS) is 19.4. The number of hydrogen-bond donors (Lipinski definition) is 2. The zero-order valence-electron chi connectivity index (χ0n) is 18.6. The van der Waals surface area contributed by atoms with E-state index in [4.69, 9.17) is 4.98 Å². The number of nitrogens with one attached hydrogen (secondary N) is 1. The third-order valence-electron chi connectivity index (χ3n) is 6.77. The molecule has 0 spiro atoms. The molecule has 1 amide bonds. The maximum absolute atomic E-state index is 11.9. The van der Waals surface area contributed by atoms with Gasteiger partial charge in [0.15, 0.2) is 0 Å².